The van der Waals surface area contributed by atoms with Crippen LogP contribution in [0.15, 0.2) is 35.1 Å². The fraction of sp³-hybridized carbons (Fsp3) is 0.615. The predicted molar refractivity (Wildman–Crippen MR) is 124 cm³/mol. The van der Waals surface area contributed by atoms with Gasteiger partial charge in [0.1, 0.15) is 12.0 Å². The second kappa shape index (κ2) is 9.65. The van der Waals surface area contributed by atoms with Crippen molar-refractivity contribution in [2.24, 2.45) is 5.92 Å². The van der Waals surface area contributed by atoms with E-state index in [4.69, 9.17) is 9.26 Å². The highest BCUT2D eigenvalue weighted by atomic mass is 16.5. The maximum atomic E-state index is 12.2. The Kier molecular flexibility index (Phi) is 6.49. The predicted octanol–water partition coefficient (Wildman–Crippen LogP) is 4.79. The molecule has 0 unspecified atom stereocenters. The van der Waals surface area contributed by atoms with Crippen molar-refractivity contribution < 1.29 is 14.1 Å². The van der Waals surface area contributed by atoms with Crippen LogP contribution in [0.4, 0.5) is 5.82 Å². The second-order valence-electron chi connectivity index (χ2n) is 9.75. The quantitative estimate of drug-likeness (QED) is 0.650. The number of amides is 1. The molecule has 0 atom stereocenters. The summed E-state index contributed by atoms with van der Waals surface area (Å²) in [4.78, 5) is 16.7. The van der Waals surface area contributed by atoms with Gasteiger partial charge in [-0.25, -0.2) is 0 Å². The van der Waals surface area contributed by atoms with Crippen LogP contribution in [0, 0.1) is 5.92 Å². The molecule has 1 saturated carbocycles. The Hall–Kier alpha value is -2.34. The monoisotopic (exact) mass is 437 g/mol. The van der Waals surface area contributed by atoms with Crippen LogP contribution in [0.2, 0.25) is 0 Å². The number of likely N-dealkylation sites (tertiary alicyclic amines) is 1. The Morgan fingerprint density at radius 3 is 2.66 bits per heavy atom. The van der Waals surface area contributed by atoms with Gasteiger partial charge in [-0.2, -0.15) is 0 Å². The van der Waals surface area contributed by atoms with E-state index in [9.17, 15) is 4.79 Å². The lowest BCUT2D eigenvalue weighted by Gasteiger charge is -2.37. The lowest BCUT2D eigenvalue weighted by molar-refractivity contribution is -0.117. The molecule has 5 rings (SSSR count). The molecule has 1 amide bonds. The van der Waals surface area contributed by atoms with Gasteiger partial charge in [0.15, 0.2) is 5.82 Å². The molecule has 0 N–H and O–H groups in total. The fourth-order valence-electron chi connectivity index (χ4n) is 6.09. The number of aromatic nitrogens is 1. The van der Waals surface area contributed by atoms with Crippen molar-refractivity contribution in [3.05, 3.63) is 41.7 Å². The number of fused-ring (bicyclic) bond motifs is 1. The number of carbonyl (C=O) groups excluding carboxylic acids is 1. The van der Waals surface area contributed by atoms with Gasteiger partial charge in [-0.1, -0.05) is 17.3 Å². The van der Waals surface area contributed by atoms with Crippen LogP contribution >= 0.6 is 0 Å². The Labute approximate surface area is 190 Å². The van der Waals surface area contributed by atoms with E-state index in [0.717, 1.165) is 37.5 Å². The molecule has 1 saturated heterocycles. The normalized spacial score (nSPS) is 24.2. The highest BCUT2D eigenvalue weighted by Crippen LogP contribution is 2.37. The van der Waals surface area contributed by atoms with Crippen LogP contribution in [0.1, 0.15) is 68.9 Å². The summed E-state index contributed by atoms with van der Waals surface area (Å²) in [6.07, 6.45) is 10.9. The smallest absolute Gasteiger partial charge is 0.225 e. The number of hydrogen-bond acceptors (Lipinski definition) is 5. The number of rotatable bonds is 6. The molecule has 2 aliphatic heterocycles. The standard InChI is InChI=1S/C26H35N3O3/c1-19(30)29(26-13-18-32-27-26)22-7-5-20(6-8-22)9-14-28-15-10-21(11-16-28)23-3-2-4-25-24(23)12-17-31-25/h2-4,13,18,20-22H,5-12,14-17H2,1H3. The first-order chi connectivity index (χ1) is 15.7. The van der Waals surface area contributed by atoms with Crippen LogP contribution in [-0.2, 0) is 11.2 Å². The van der Waals surface area contributed by atoms with Crippen LogP contribution in [0.5, 0.6) is 5.75 Å². The van der Waals surface area contributed by atoms with E-state index in [1.807, 2.05) is 4.90 Å². The zero-order valence-electron chi connectivity index (χ0n) is 19.2. The van der Waals surface area contributed by atoms with Crippen LogP contribution < -0.4 is 9.64 Å². The minimum atomic E-state index is 0.0563. The molecular formula is C26H35N3O3. The number of benzene rings is 1. The summed E-state index contributed by atoms with van der Waals surface area (Å²) in [5.74, 6) is 3.28. The van der Waals surface area contributed by atoms with E-state index in [1.54, 1.807) is 24.8 Å². The number of nitrogens with zero attached hydrogens (tertiary/aromatic N) is 3. The highest BCUT2D eigenvalue weighted by molar-refractivity contribution is 5.90. The van der Waals surface area contributed by atoms with E-state index in [1.165, 1.54) is 57.3 Å². The molecule has 1 aliphatic carbocycles. The van der Waals surface area contributed by atoms with Gasteiger partial charge in [0.25, 0.3) is 0 Å². The summed E-state index contributed by atoms with van der Waals surface area (Å²) in [7, 11) is 0. The number of anilines is 1. The second-order valence-corrected chi connectivity index (χ2v) is 9.75. The van der Waals surface area contributed by atoms with Crippen molar-refractivity contribution in [2.75, 3.05) is 31.1 Å². The van der Waals surface area contributed by atoms with Gasteiger partial charge in [-0.15, -0.1) is 0 Å². The Balaban J connectivity index is 1.07. The molecule has 32 heavy (non-hydrogen) atoms. The fourth-order valence-corrected chi connectivity index (χ4v) is 6.09. The minimum absolute atomic E-state index is 0.0563. The van der Waals surface area contributed by atoms with Crippen molar-refractivity contribution in [1.82, 2.24) is 10.1 Å². The molecule has 3 aliphatic rings. The molecule has 6 heteroatoms. The lowest BCUT2D eigenvalue weighted by Crippen LogP contribution is -2.42. The molecular weight excluding hydrogens is 402 g/mol. The van der Waals surface area contributed by atoms with Crippen molar-refractivity contribution in [3.63, 3.8) is 0 Å². The van der Waals surface area contributed by atoms with E-state index in [-0.39, 0.29) is 11.9 Å². The lowest BCUT2D eigenvalue weighted by atomic mass is 9.82. The van der Waals surface area contributed by atoms with E-state index >= 15 is 0 Å². The van der Waals surface area contributed by atoms with Crippen molar-refractivity contribution in [3.8, 4) is 5.75 Å². The Morgan fingerprint density at radius 1 is 1.12 bits per heavy atom. The average molecular weight is 438 g/mol. The van der Waals surface area contributed by atoms with Gasteiger partial charge in [-0.3, -0.25) is 9.69 Å². The van der Waals surface area contributed by atoms with Gasteiger partial charge in [-0.05, 0) is 88.0 Å². The number of hydrogen-bond donors (Lipinski definition) is 0. The van der Waals surface area contributed by atoms with Gasteiger partial charge < -0.3 is 14.2 Å². The highest BCUT2D eigenvalue weighted by Gasteiger charge is 2.30. The average Bonchev–Trinajstić information content (AvgIpc) is 3.51. The first-order valence-corrected chi connectivity index (χ1v) is 12.4. The van der Waals surface area contributed by atoms with Crippen LogP contribution in [0.25, 0.3) is 0 Å². The largest absolute Gasteiger partial charge is 0.493 e. The van der Waals surface area contributed by atoms with Crippen LogP contribution in [-0.4, -0.2) is 48.2 Å². The van der Waals surface area contributed by atoms with Gasteiger partial charge >= 0.3 is 0 Å². The summed E-state index contributed by atoms with van der Waals surface area (Å²) in [5, 5.41) is 3.99. The minimum Gasteiger partial charge on any atom is -0.493 e. The third-order valence-corrected chi connectivity index (χ3v) is 7.85. The van der Waals surface area contributed by atoms with Crippen molar-refractivity contribution >= 4 is 11.7 Å². The maximum Gasteiger partial charge on any atom is 0.225 e. The molecule has 2 fully saturated rings. The van der Waals surface area contributed by atoms with E-state index in [0.29, 0.717) is 11.7 Å². The summed E-state index contributed by atoms with van der Waals surface area (Å²) in [6.45, 7) is 6.08. The molecule has 172 valence electrons. The van der Waals surface area contributed by atoms with Gasteiger partial charge in [0, 0.05) is 31.0 Å². The first-order valence-electron chi connectivity index (χ1n) is 12.4. The number of ether oxygens (including phenoxy) is 1. The maximum absolute atomic E-state index is 12.2. The van der Waals surface area contributed by atoms with E-state index < -0.39 is 0 Å². The van der Waals surface area contributed by atoms with Crippen molar-refractivity contribution in [2.45, 2.75) is 70.3 Å². The molecule has 0 spiro atoms. The molecule has 6 nitrogen and oxygen atoms in total. The Morgan fingerprint density at radius 2 is 1.94 bits per heavy atom. The molecule has 3 heterocycles. The third kappa shape index (κ3) is 4.56. The topological polar surface area (TPSA) is 58.8 Å². The zero-order valence-corrected chi connectivity index (χ0v) is 19.2. The van der Waals surface area contributed by atoms with Crippen LogP contribution in [0.3, 0.4) is 0 Å². The summed E-state index contributed by atoms with van der Waals surface area (Å²) >= 11 is 0. The number of piperidine rings is 1. The molecule has 0 bridgehead atoms. The zero-order chi connectivity index (χ0) is 21.9. The molecule has 0 radical (unpaired) electrons. The first kappa shape index (κ1) is 21.5. The molecule has 2 aromatic rings. The van der Waals surface area contributed by atoms with E-state index in [2.05, 4.69) is 28.3 Å². The SMILES string of the molecule is CC(=O)N(c1ccon1)C1CCC(CCN2CCC(c3cccc4c3CCO4)CC2)CC1. The Bertz CT molecular complexity index is 897. The summed E-state index contributed by atoms with van der Waals surface area (Å²) in [6, 6.07) is 8.65. The third-order valence-electron chi connectivity index (χ3n) is 7.85. The molecule has 1 aromatic carbocycles. The summed E-state index contributed by atoms with van der Waals surface area (Å²) in [5.41, 5.74) is 3.01. The molecule has 1 aromatic heterocycles. The van der Waals surface area contributed by atoms with Gasteiger partial charge in [0.2, 0.25) is 5.91 Å². The summed E-state index contributed by atoms with van der Waals surface area (Å²) < 4.78 is 10.7. The number of carbonyl (C=O) groups is 1. The van der Waals surface area contributed by atoms with Gasteiger partial charge in [0.05, 0.1) is 6.61 Å². The van der Waals surface area contributed by atoms with Crippen molar-refractivity contribution in [1.29, 1.82) is 0 Å².